The Hall–Kier alpha value is -0.580. The highest BCUT2D eigenvalue weighted by Crippen LogP contribution is 2.29. The third-order valence-electron chi connectivity index (χ3n) is 1.74. The average Bonchev–Trinajstić information content (AvgIpc) is 2.66. The van der Waals surface area contributed by atoms with Crippen LogP contribution in [0.2, 0.25) is 5.02 Å². The number of benzene rings is 1. The lowest BCUT2D eigenvalue weighted by molar-refractivity contribution is 0.527. The second-order valence-corrected chi connectivity index (χ2v) is 4.32. The number of hydrogen-bond donors (Lipinski definition) is 0. The lowest BCUT2D eigenvalue weighted by Crippen LogP contribution is -1.79. The third kappa shape index (κ3) is 2.33. The predicted molar refractivity (Wildman–Crippen MR) is 62.0 cm³/mol. The van der Waals surface area contributed by atoms with Crippen LogP contribution in [0.1, 0.15) is 5.89 Å². The van der Waals surface area contributed by atoms with E-state index in [1.807, 2.05) is 0 Å². The molecular weight excluding hydrogens is 303 g/mol. The zero-order valence-corrected chi connectivity index (χ0v) is 10.5. The van der Waals surface area contributed by atoms with Gasteiger partial charge in [-0.15, -0.1) is 21.8 Å². The molecule has 0 radical (unpaired) electrons. The summed E-state index contributed by atoms with van der Waals surface area (Å²) in [4.78, 5) is 0. The maximum atomic E-state index is 5.82. The molecule has 1 aromatic carbocycles. The van der Waals surface area contributed by atoms with Crippen molar-refractivity contribution in [3.8, 4) is 11.5 Å². The molecule has 0 saturated heterocycles. The van der Waals surface area contributed by atoms with E-state index in [1.165, 1.54) is 0 Å². The summed E-state index contributed by atoms with van der Waals surface area (Å²) in [6.07, 6.45) is 0. The van der Waals surface area contributed by atoms with Gasteiger partial charge in [0.25, 0.3) is 0 Å². The van der Waals surface area contributed by atoms with Crippen LogP contribution in [0.15, 0.2) is 27.1 Å². The van der Waals surface area contributed by atoms with Gasteiger partial charge in [-0.25, -0.2) is 0 Å². The van der Waals surface area contributed by atoms with Gasteiger partial charge >= 0.3 is 0 Å². The smallest absolute Gasteiger partial charge is 0.248 e. The molecule has 0 aliphatic heterocycles. The monoisotopic (exact) mass is 306 g/mol. The molecule has 0 unspecified atom stereocenters. The minimum Gasteiger partial charge on any atom is -0.419 e. The summed E-state index contributed by atoms with van der Waals surface area (Å²) >= 11 is 14.8. The molecule has 0 atom stereocenters. The molecule has 15 heavy (non-hydrogen) atoms. The molecular formula is C9H5BrCl2N2O. The number of hydrogen-bond acceptors (Lipinski definition) is 3. The Kier molecular flexibility index (Phi) is 3.29. The summed E-state index contributed by atoms with van der Waals surface area (Å²) in [5.41, 5.74) is 0.795. The molecule has 6 heteroatoms. The minimum absolute atomic E-state index is 0.207. The van der Waals surface area contributed by atoms with Gasteiger partial charge in [0.15, 0.2) is 0 Å². The van der Waals surface area contributed by atoms with E-state index in [-0.39, 0.29) is 5.88 Å². The first kappa shape index (κ1) is 10.9. The Balaban J connectivity index is 2.44. The second-order valence-electron chi connectivity index (χ2n) is 2.76. The maximum absolute atomic E-state index is 5.82. The molecule has 0 N–H and O–H groups in total. The zero-order chi connectivity index (χ0) is 10.8. The van der Waals surface area contributed by atoms with E-state index in [4.69, 9.17) is 27.6 Å². The van der Waals surface area contributed by atoms with E-state index < -0.39 is 0 Å². The van der Waals surface area contributed by atoms with Crippen molar-refractivity contribution in [2.75, 3.05) is 0 Å². The molecule has 3 nitrogen and oxygen atoms in total. The molecule has 1 heterocycles. The van der Waals surface area contributed by atoms with Gasteiger partial charge in [0.05, 0.1) is 5.56 Å². The fraction of sp³-hybridized carbons (Fsp3) is 0.111. The summed E-state index contributed by atoms with van der Waals surface area (Å²) in [7, 11) is 0. The van der Waals surface area contributed by atoms with Crippen molar-refractivity contribution in [3.63, 3.8) is 0 Å². The highest BCUT2D eigenvalue weighted by Gasteiger charge is 2.11. The maximum Gasteiger partial charge on any atom is 0.248 e. The van der Waals surface area contributed by atoms with Gasteiger partial charge in [0.2, 0.25) is 11.8 Å². The Morgan fingerprint density at radius 1 is 1.33 bits per heavy atom. The van der Waals surface area contributed by atoms with Crippen LogP contribution >= 0.6 is 39.1 Å². The fourth-order valence-electron chi connectivity index (χ4n) is 1.08. The summed E-state index contributed by atoms with van der Waals surface area (Å²) in [6.45, 7) is 0. The van der Waals surface area contributed by atoms with Gasteiger partial charge in [0.1, 0.15) is 5.88 Å². The fourth-order valence-corrected chi connectivity index (χ4v) is 2.04. The van der Waals surface area contributed by atoms with Crippen molar-refractivity contribution in [1.29, 1.82) is 0 Å². The molecule has 0 saturated carbocycles. The lowest BCUT2D eigenvalue weighted by atomic mass is 10.2. The minimum atomic E-state index is 0.207. The summed E-state index contributed by atoms with van der Waals surface area (Å²) in [6, 6.07) is 5.33. The molecule has 0 bridgehead atoms. The first-order chi connectivity index (χ1) is 7.20. The van der Waals surface area contributed by atoms with Gasteiger partial charge in [-0.2, -0.15) is 0 Å². The number of aromatic nitrogens is 2. The summed E-state index contributed by atoms with van der Waals surface area (Å²) < 4.78 is 6.12. The van der Waals surface area contributed by atoms with Gasteiger partial charge in [-0.05, 0) is 34.1 Å². The molecule has 2 aromatic rings. The topological polar surface area (TPSA) is 38.9 Å². The highest BCUT2D eigenvalue weighted by molar-refractivity contribution is 9.10. The Morgan fingerprint density at radius 3 is 2.73 bits per heavy atom. The van der Waals surface area contributed by atoms with Crippen LogP contribution in [0.4, 0.5) is 0 Å². The van der Waals surface area contributed by atoms with Crippen LogP contribution in [0.25, 0.3) is 11.5 Å². The predicted octanol–water partition coefficient (Wildman–Crippen LogP) is 3.89. The van der Waals surface area contributed by atoms with Crippen LogP contribution in [0.5, 0.6) is 0 Å². The molecule has 78 valence electrons. The molecule has 2 rings (SSSR count). The van der Waals surface area contributed by atoms with Crippen molar-refractivity contribution in [1.82, 2.24) is 10.2 Å². The normalized spacial score (nSPS) is 10.6. The second kappa shape index (κ2) is 4.51. The Morgan fingerprint density at radius 2 is 2.13 bits per heavy atom. The molecule has 0 fully saturated rings. The van der Waals surface area contributed by atoms with Crippen molar-refractivity contribution in [2.45, 2.75) is 5.88 Å². The van der Waals surface area contributed by atoms with E-state index in [0.29, 0.717) is 16.8 Å². The summed E-state index contributed by atoms with van der Waals surface area (Å²) in [5.74, 6) is 1.03. The van der Waals surface area contributed by atoms with E-state index in [2.05, 4.69) is 26.1 Å². The van der Waals surface area contributed by atoms with Crippen LogP contribution < -0.4 is 0 Å². The lowest BCUT2D eigenvalue weighted by Gasteiger charge is -1.98. The molecule has 0 aliphatic carbocycles. The van der Waals surface area contributed by atoms with Crippen LogP contribution in [-0.4, -0.2) is 10.2 Å². The molecule has 0 spiro atoms. The van der Waals surface area contributed by atoms with Crippen molar-refractivity contribution in [3.05, 3.63) is 33.6 Å². The zero-order valence-electron chi connectivity index (χ0n) is 7.38. The average molecular weight is 308 g/mol. The number of halogens is 3. The third-order valence-corrected chi connectivity index (χ3v) is 2.86. The molecule has 0 amide bonds. The number of alkyl halides is 1. The molecule has 1 aromatic heterocycles. The van der Waals surface area contributed by atoms with E-state index >= 15 is 0 Å². The quantitative estimate of drug-likeness (QED) is 0.790. The highest BCUT2D eigenvalue weighted by atomic mass is 79.9. The van der Waals surface area contributed by atoms with Crippen LogP contribution in [-0.2, 0) is 5.88 Å². The molecule has 0 aliphatic rings. The van der Waals surface area contributed by atoms with Crippen LogP contribution in [0, 0.1) is 0 Å². The van der Waals surface area contributed by atoms with Crippen LogP contribution in [0.3, 0.4) is 0 Å². The number of nitrogens with zero attached hydrogens (tertiary/aromatic N) is 2. The van der Waals surface area contributed by atoms with Crippen molar-refractivity contribution in [2.24, 2.45) is 0 Å². The van der Waals surface area contributed by atoms with Gasteiger partial charge in [0, 0.05) is 9.50 Å². The van der Waals surface area contributed by atoms with Gasteiger partial charge < -0.3 is 4.42 Å². The first-order valence-corrected chi connectivity index (χ1v) is 5.75. The van der Waals surface area contributed by atoms with E-state index in [0.717, 1.165) is 10.0 Å². The van der Waals surface area contributed by atoms with E-state index in [9.17, 15) is 0 Å². The SMILES string of the molecule is ClCc1nnc(-c2ccc(Cl)cc2Br)o1. The Labute approximate surface area is 105 Å². The van der Waals surface area contributed by atoms with Crippen molar-refractivity contribution >= 4 is 39.1 Å². The Bertz CT molecular complexity index is 487. The number of rotatable bonds is 2. The summed E-state index contributed by atoms with van der Waals surface area (Å²) in [5, 5.41) is 8.29. The first-order valence-electron chi connectivity index (χ1n) is 4.04. The van der Waals surface area contributed by atoms with E-state index in [1.54, 1.807) is 18.2 Å². The van der Waals surface area contributed by atoms with Crippen molar-refractivity contribution < 1.29 is 4.42 Å². The van der Waals surface area contributed by atoms with Gasteiger partial charge in [-0.3, -0.25) is 0 Å². The van der Waals surface area contributed by atoms with Gasteiger partial charge in [-0.1, -0.05) is 11.6 Å². The largest absolute Gasteiger partial charge is 0.419 e. The standard InChI is InChI=1S/C9H5BrCl2N2O/c10-7-3-5(12)1-2-6(7)9-14-13-8(4-11)15-9/h1-3H,4H2.